The highest BCUT2D eigenvalue weighted by Crippen LogP contribution is 2.34. The maximum atomic E-state index is 13.6. The number of rotatable bonds is 8. The molecule has 0 atom stereocenters. The molecule has 1 heterocycles. The number of nitrogens with zero attached hydrogens (tertiary/aromatic N) is 2. The minimum Gasteiger partial charge on any atom is -0.397 e. The predicted octanol–water partition coefficient (Wildman–Crippen LogP) is 7.25. The van der Waals surface area contributed by atoms with E-state index in [-0.39, 0.29) is 11.6 Å². The monoisotopic (exact) mass is 434 g/mol. The van der Waals surface area contributed by atoms with E-state index in [2.05, 4.69) is 16.9 Å². The molecule has 1 aromatic carbocycles. The molecule has 0 unspecified atom stereocenters. The average molecular weight is 435 g/mol. The summed E-state index contributed by atoms with van der Waals surface area (Å²) >= 11 is 5.73. The molecule has 0 spiro atoms. The topological polar surface area (TPSA) is 46.0 Å². The minimum absolute atomic E-state index is 0.121. The van der Waals surface area contributed by atoms with Crippen LogP contribution in [-0.4, -0.2) is 21.7 Å². The number of hydrogen-bond acceptors (Lipinski definition) is 3. The number of aryl methyl sites for hydroxylation is 1. The van der Waals surface area contributed by atoms with Gasteiger partial charge in [0, 0.05) is 24.6 Å². The quantitative estimate of drug-likeness (QED) is 0.445. The fraction of sp³-hybridized carbons (Fsp3) is 0.600. The van der Waals surface area contributed by atoms with E-state index in [9.17, 15) is 4.39 Å². The molecule has 0 bridgehead atoms. The molecule has 166 valence electrons. The molecule has 0 saturated heterocycles. The van der Waals surface area contributed by atoms with Crippen molar-refractivity contribution in [3.63, 3.8) is 0 Å². The van der Waals surface area contributed by atoms with Crippen LogP contribution in [0.3, 0.4) is 0 Å². The van der Waals surface area contributed by atoms with Crippen molar-refractivity contribution in [1.82, 2.24) is 9.97 Å². The summed E-state index contributed by atoms with van der Waals surface area (Å²) in [6.07, 6.45) is 17.1. The van der Waals surface area contributed by atoms with E-state index in [1.807, 2.05) is 12.4 Å². The smallest absolute Gasteiger partial charge is 0.159 e. The zero-order valence-corrected chi connectivity index (χ0v) is 19.2. The van der Waals surface area contributed by atoms with Gasteiger partial charge in [-0.05, 0) is 55.4 Å². The standard InChI is InChI=1S/C23H30ClFN2.C2H6O/c1-2-3-4-5-17-6-8-18(9-7-17)10-11-19-15-26-23(27-16-19)20-12-13-21(24)22(25)14-20;1-2-3/h12-18H,2-11H2,1H3;3H,2H2,1H3. The molecule has 3 nitrogen and oxygen atoms in total. The van der Waals surface area contributed by atoms with E-state index in [1.54, 1.807) is 19.1 Å². The summed E-state index contributed by atoms with van der Waals surface area (Å²) < 4.78 is 13.6. The number of halogens is 2. The van der Waals surface area contributed by atoms with E-state index >= 15 is 0 Å². The second kappa shape index (κ2) is 13.7. The first-order chi connectivity index (χ1) is 14.6. The van der Waals surface area contributed by atoms with Gasteiger partial charge in [-0.25, -0.2) is 14.4 Å². The fourth-order valence-electron chi connectivity index (χ4n) is 4.13. The zero-order valence-electron chi connectivity index (χ0n) is 18.4. The third kappa shape index (κ3) is 8.31. The number of hydrogen-bond donors (Lipinski definition) is 1. The van der Waals surface area contributed by atoms with Crippen LogP contribution in [0.4, 0.5) is 4.39 Å². The van der Waals surface area contributed by atoms with Crippen LogP contribution in [0.2, 0.25) is 5.02 Å². The third-order valence-corrected chi connectivity index (χ3v) is 6.21. The highest BCUT2D eigenvalue weighted by atomic mass is 35.5. The fourth-order valence-corrected chi connectivity index (χ4v) is 4.25. The van der Waals surface area contributed by atoms with Crippen molar-refractivity contribution in [1.29, 1.82) is 0 Å². The Kier molecular flexibility index (Phi) is 11.3. The second-order valence-electron chi connectivity index (χ2n) is 8.28. The molecule has 1 fully saturated rings. The van der Waals surface area contributed by atoms with E-state index in [1.165, 1.54) is 69.4 Å². The number of aliphatic hydroxyl groups excluding tert-OH is 1. The number of benzene rings is 1. The molecule has 0 amide bonds. The van der Waals surface area contributed by atoms with Gasteiger partial charge in [0.15, 0.2) is 5.82 Å². The van der Waals surface area contributed by atoms with Crippen molar-refractivity contribution in [2.75, 3.05) is 6.61 Å². The second-order valence-corrected chi connectivity index (χ2v) is 8.69. The van der Waals surface area contributed by atoms with Crippen LogP contribution in [0, 0.1) is 17.7 Å². The van der Waals surface area contributed by atoms with Crippen LogP contribution in [0.5, 0.6) is 0 Å². The van der Waals surface area contributed by atoms with Gasteiger partial charge in [-0.1, -0.05) is 69.9 Å². The molecule has 2 aromatic rings. The number of aliphatic hydroxyl groups is 1. The van der Waals surface area contributed by atoms with E-state index < -0.39 is 5.82 Å². The van der Waals surface area contributed by atoms with Gasteiger partial charge in [0.25, 0.3) is 0 Å². The van der Waals surface area contributed by atoms with Gasteiger partial charge < -0.3 is 5.11 Å². The van der Waals surface area contributed by atoms with Gasteiger partial charge in [0.05, 0.1) is 5.02 Å². The molecule has 1 N–H and O–H groups in total. The Hall–Kier alpha value is -1.52. The molecule has 1 aliphatic rings. The molecular formula is C25H36ClFN2O. The molecule has 1 aromatic heterocycles. The van der Waals surface area contributed by atoms with Crippen molar-refractivity contribution >= 4 is 11.6 Å². The van der Waals surface area contributed by atoms with Gasteiger partial charge >= 0.3 is 0 Å². The lowest BCUT2D eigenvalue weighted by molar-refractivity contribution is 0.249. The third-order valence-electron chi connectivity index (χ3n) is 5.91. The highest BCUT2D eigenvalue weighted by Gasteiger charge is 2.20. The number of aromatic nitrogens is 2. The lowest BCUT2D eigenvalue weighted by Gasteiger charge is -2.28. The van der Waals surface area contributed by atoms with Crippen LogP contribution < -0.4 is 0 Å². The van der Waals surface area contributed by atoms with Gasteiger partial charge in [-0.15, -0.1) is 0 Å². The molecule has 1 aliphatic carbocycles. The Labute approximate surface area is 186 Å². The SMILES string of the molecule is CCCCCC1CCC(CCc2cnc(-c3ccc(Cl)c(F)c3)nc2)CC1.CCO. The van der Waals surface area contributed by atoms with Crippen molar-refractivity contribution < 1.29 is 9.50 Å². The van der Waals surface area contributed by atoms with E-state index in [4.69, 9.17) is 16.7 Å². The van der Waals surface area contributed by atoms with Crippen LogP contribution >= 0.6 is 11.6 Å². The Bertz CT molecular complexity index is 730. The van der Waals surface area contributed by atoms with Gasteiger partial charge in [0.2, 0.25) is 0 Å². The van der Waals surface area contributed by atoms with Crippen molar-refractivity contribution in [2.45, 2.75) is 78.1 Å². The summed E-state index contributed by atoms with van der Waals surface area (Å²) in [7, 11) is 0. The molecule has 30 heavy (non-hydrogen) atoms. The number of unbranched alkanes of at least 4 members (excludes halogenated alkanes) is 2. The lowest BCUT2D eigenvalue weighted by atomic mass is 9.78. The largest absolute Gasteiger partial charge is 0.397 e. The molecule has 3 rings (SSSR count). The molecule has 0 aliphatic heterocycles. The summed E-state index contributed by atoms with van der Waals surface area (Å²) in [6.45, 7) is 4.21. The molecule has 1 saturated carbocycles. The maximum Gasteiger partial charge on any atom is 0.159 e. The van der Waals surface area contributed by atoms with Crippen molar-refractivity contribution in [3.8, 4) is 11.4 Å². The summed E-state index contributed by atoms with van der Waals surface area (Å²) in [6, 6.07) is 4.68. The maximum absolute atomic E-state index is 13.6. The molecular weight excluding hydrogens is 399 g/mol. The highest BCUT2D eigenvalue weighted by molar-refractivity contribution is 6.30. The minimum atomic E-state index is -0.438. The van der Waals surface area contributed by atoms with Crippen LogP contribution in [0.25, 0.3) is 11.4 Å². The van der Waals surface area contributed by atoms with Crippen molar-refractivity contribution in [3.05, 3.63) is 47.0 Å². The predicted molar refractivity (Wildman–Crippen MR) is 123 cm³/mol. The Morgan fingerprint density at radius 2 is 1.60 bits per heavy atom. The van der Waals surface area contributed by atoms with E-state index in [0.29, 0.717) is 11.4 Å². The summed E-state index contributed by atoms with van der Waals surface area (Å²) in [5.74, 6) is 1.92. The Morgan fingerprint density at radius 3 is 2.17 bits per heavy atom. The average Bonchev–Trinajstić information content (AvgIpc) is 2.76. The Balaban J connectivity index is 0.00000101. The van der Waals surface area contributed by atoms with Gasteiger partial charge in [-0.3, -0.25) is 0 Å². The first-order valence-electron chi connectivity index (χ1n) is 11.4. The molecule has 5 heteroatoms. The summed E-state index contributed by atoms with van der Waals surface area (Å²) in [5.41, 5.74) is 1.82. The van der Waals surface area contributed by atoms with Crippen LogP contribution in [0.15, 0.2) is 30.6 Å². The van der Waals surface area contributed by atoms with Crippen molar-refractivity contribution in [2.24, 2.45) is 11.8 Å². The van der Waals surface area contributed by atoms with E-state index in [0.717, 1.165) is 18.3 Å². The summed E-state index contributed by atoms with van der Waals surface area (Å²) in [5, 5.41) is 7.69. The summed E-state index contributed by atoms with van der Waals surface area (Å²) in [4.78, 5) is 8.83. The first-order valence-corrected chi connectivity index (χ1v) is 11.8. The lowest BCUT2D eigenvalue weighted by Crippen LogP contribution is -2.15. The van der Waals surface area contributed by atoms with Crippen LogP contribution in [-0.2, 0) is 6.42 Å². The Morgan fingerprint density at radius 1 is 1.00 bits per heavy atom. The zero-order chi connectivity index (χ0) is 21.8. The molecule has 0 radical (unpaired) electrons. The first kappa shape index (κ1) is 24.7. The van der Waals surface area contributed by atoms with Gasteiger partial charge in [-0.2, -0.15) is 0 Å². The normalized spacial score (nSPS) is 18.6. The van der Waals surface area contributed by atoms with Crippen LogP contribution in [0.1, 0.15) is 77.2 Å². The van der Waals surface area contributed by atoms with Gasteiger partial charge in [0.1, 0.15) is 5.82 Å².